The van der Waals surface area contributed by atoms with E-state index in [4.69, 9.17) is 23.2 Å². The van der Waals surface area contributed by atoms with E-state index >= 15 is 0 Å². The Kier molecular flexibility index (Phi) is 11.9. The molecule has 1 amide bonds. The van der Waals surface area contributed by atoms with Gasteiger partial charge in [-0.15, -0.1) is 0 Å². The highest BCUT2D eigenvalue weighted by atomic mass is 35.5. The van der Waals surface area contributed by atoms with Crippen LogP contribution in [0, 0.1) is 11.2 Å². The molecule has 10 heteroatoms. The molecule has 1 aliphatic carbocycles. The van der Waals surface area contributed by atoms with Crippen molar-refractivity contribution in [1.29, 1.82) is 0 Å². The molecule has 1 saturated heterocycles. The number of aromatic nitrogens is 1. The number of carbonyl (C=O) groups excluding carboxylic acids is 2. The zero-order chi connectivity index (χ0) is 29.3. The molecule has 1 saturated carbocycles. The summed E-state index contributed by atoms with van der Waals surface area (Å²) in [5, 5.41) is 13.1. The third kappa shape index (κ3) is 8.23. The Morgan fingerprint density at radius 3 is 2.35 bits per heavy atom. The fourth-order valence-corrected chi connectivity index (χ4v) is 5.98. The van der Waals surface area contributed by atoms with Crippen LogP contribution in [-0.2, 0) is 15.1 Å². The van der Waals surface area contributed by atoms with Crippen LogP contribution < -0.4 is 21.3 Å². The van der Waals surface area contributed by atoms with E-state index < -0.39 is 23.3 Å². The summed E-state index contributed by atoms with van der Waals surface area (Å²) >= 11 is 12.1. The number of halogens is 3. The Bertz CT molecular complexity index is 1130. The number of hydrogen-bond acceptors (Lipinski definition) is 6. The molecule has 1 unspecified atom stereocenters. The standard InChI is InChI=1S/C24H28Cl2FN3O2.C6H14N2/c1-15(17-6-11-28-22(26)21(17)27)20(13-31)30-24(9-7-23(2,3)8-10-24)18-5-4-16(25)12-19(18)29-14-32;1-7-6-2-4-8-5-3-6/h4-6,11-15,20,30H,7-10H2,1-3H3,(H,29,32);6-8H,2-5H2,1H3/t15-,20?;/m0./s1. The first kappa shape index (κ1) is 32.4. The summed E-state index contributed by atoms with van der Waals surface area (Å²) in [4.78, 5) is 27.3. The van der Waals surface area contributed by atoms with Gasteiger partial charge in [-0.1, -0.05) is 50.0 Å². The molecule has 0 spiro atoms. The lowest BCUT2D eigenvalue weighted by Crippen LogP contribution is -2.53. The molecule has 1 aliphatic heterocycles. The highest BCUT2D eigenvalue weighted by Gasteiger charge is 2.43. The molecule has 1 aromatic carbocycles. The fourth-order valence-electron chi connectivity index (χ4n) is 5.65. The Labute approximate surface area is 247 Å². The van der Waals surface area contributed by atoms with Crippen molar-refractivity contribution >= 4 is 41.6 Å². The fraction of sp³-hybridized carbons (Fsp3) is 0.567. The van der Waals surface area contributed by atoms with Gasteiger partial charge in [0.15, 0.2) is 11.0 Å². The molecule has 2 aliphatic rings. The number of pyridine rings is 1. The smallest absolute Gasteiger partial charge is 0.211 e. The minimum absolute atomic E-state index is 0.156. The molecule has 2 aromatic rings. The van der Waals surface area contributed by atoms with Crippen molar-refractivity contribution < 1.29 is 14.0 Å². The quantitative estimate of drug-likeness (QED) is 0.216. The minimum Gasteiger partial charge on any atom is -0.328 e. The molecule has 2 atom stereocenters. The second-order valence-electron chi connectivity index (χ2n) is 11.6. The van der Waals surface area contributed by atoms with Crippen LogP contribution in [0.4, 0.5) is 10.1 Å². The van der Waals surface area contributed by atoms with E-state index in [2.05, 4.69) is 40.1 Å². The number of nitrogens with zero attached hydrogens (tertiary/aromatic N) is 1. The van der Waals surface area contributed by atoms with Crippen LogP contribution in [0.2, 0.25) is 10.2 Å². The van der Waals surface area contributed by atoms with Crippen LogP contribution in [0.15, 0.2) is 30.5 Å². The molecule has 4 N–H and O–H groups in total. The predicted molar refractivity (Wildman–Crippen MR) is 161 cm³/mol. The van der Waals surface area contributed by atoms with Crippen LogP contribution in [0.1, 0.15) is 76.3 Å². The van der Waals surface area contributed by atoms with Crippen molar-refractivity contribution in [2.24, 2.45) is 5.41 Å². The van der Waals surface area contributed by atoms with E-state index in [0.717, 1.165) is 43.6 Å². The van der Waals surface area contributed by atoms with Gasteiger partial charge in [0.1, 0.15) is 6.29 Å². The third-order valence-corrected chi connectivity index (χ3v) is 8.91. The highest BCUT2D eigenvalue weighted by Crippen LogP contribution is 2.48. The normalized spacial score (nSPS) is 20.0. The van der Waals surface area contributed by atoms with E-state index in [-0.39, 0.29) is 10.6 Å². The molecule has 2 heterocycles. The summed E-state index contributed by atoms with van der Waals surface area (Å²) in [6.45, 7) is 8.60. The molecular weight excluding hydrogens is 552 g/mol. The maximum atomic E-state index is 14.7. The Hall–Kier alpha value is -2.10. The Morgan fingerprint density at radius 1 is 1.10 bits per heavy atom. The van der Waals surface area contributed by atoms with Crippen molar-refractivity contribution in [2.45, 2.75) is 82.8 Å². The van der Waals surface area contributed by atoms with Gasteiger partial charge >= 0.3 is 0 Å². The molecule has 7 nitrogen and oxygen atoms in total. The Balaban J connectivity index is 0.000000472. The van der Waals surface area contributed by atoms with Crippen LogP contribution in [0.25, 0.3) is 0 Å². The summed E-state index contributed by atoms with van der Waals surface area (Å²) in [7, 11) is 2.04. The van der Waals surface area contributed by atoms with Crippen LogP contribution in [0.3, 0.4) is 0 Å². The van der Waals surface area contributed by atoms with Gasteiger partial charge < -0.3 is 20.7 Å². The lowest BCUT2D eigenvalue weighted by molar-refractivity contribution is -0.111. The van der Waals surface area contributed by atoms with Gasteiger partial charge in [-0.05, 0) is 93.4 Å². The zero-order valence-electron chi connectivity index (χ0n) is 23.8. The van der Waals surface area contributed by atoms with Gasteiger partial charge in [-0.3, -0.25) is 10.1 Å². The summed E-state index contributed by atoms with van der Waals surface area (Å²) in [5.41, 5.74) is 1.33. The van der Waals surface area contributed by atoms with Crippen molar-refractivity contribution in [3.8, 4) is 0 Å². The van der Waals surface area contributed by atoms with Gasteiger partial charge in [0, 0.05) is 34.4 Å². The summed E-state index contributed by atoms with van der Waals surface area (Å²) in [6, 6.07) is 6.99. The van der Waals surface area contributed by atoms with Gasteiger partial charge in [-0.2, -0.15) is 0 Å². The number of aldehydes is 1. The van der Waals surface area contributed by atoms with Crippen LogP contribution in [-0.4, -0.2) is 49.9 Å². The zero-order valence-corrected chi connectivity index (χ0v) is 25.3. The van der Waals surface area contributed by atoms with E-state index in [0.29, 0.717) is 22.7 Å². The number of carbonyl (C=O) groups is 2. The molecule has 0 radical (unpaired) electrons. The van der Waals surface area contributed by atoms with E-state index in [9.17, 15) is 14.0 Å². The number of hydrogen-bond donors (Lipinski definition) is 4. The van der Waals surface area contributed by atoms with Crippen molar-refractivity contribution in [3.63, 3.8) is 0 Å². The van der Waals surface area contributed by atoms with Crippen LogP contribution >= 0.6 is 23.2 Å². The van der Waals surface area contributed by atoms with Gasteiger partial charge in [0.25, 0.3) is 0 Å². The van der Waals surface area contributed by atoms with Crippen molar-refractivity contribution in [1.82, 2.24) is 20.9 Å². The first-order valence-corrected chi connectivity index (χ1v) is 14.7. The van der Waals surface area contributed by atoms with Crippen molar-refractivity contribution in [3.05, 3.63) is 57.6 Å². The van der Waals surface area contributed by atoms with Crippen molar-refractivity contribution in [2.75, 3.05) is 25.5 Å². The van der Waals surface area contributed by atoms with E-state index in [1.165, 1.54) is 32.1 Å². The third-order valence-electron chi connectivity index (χ3n) is 8.41. The lowest BCUT2D eigenvalue weighted by atomic mass is 9.66. The predicted octanol–water partition coefficient (Wildman–Crippen LogP) is 5.81. The monoisotopic (exact) mass is 593 g/mol. The second-order valence-corrected chi connectivity index (χ2v) is 12.4. The number of amides is 1. The maximum absolute atomic E-state index is 14.7. The molecule has 40 heavy (non-hydrogen) atoms. The first-order chi connectivity index (χ1) is 19.1. The summed E-state index contributed by atoms with van der Waals surface area (Å²) < 4.78 is 14.7. The Morgan fingerprint density at radius 2 is 1.77 bits per heavy atom. The number of benzene rings is 1. The van der Waals surface area contributed by atoms with Crippen LogP contribution in [0.5, 0.6) is 0 Å². The molecule has 4 rings (SSSR count). The number of nitrogens with one attached hydrogen (secondary N) is 4. The number of rotatable bonds is 9. The summed E-state index contributed by atoms with van der Waals surface area (Å²) in [6.07, 6.45) is 8.75. The number of piperidine rings is 1. The lowest BCUT2D eigenvalue weighted by Gasteiger charge is -2.47. The molecule has 1 aromatic heterocycles. The van der Waals surface area contributed by atoms with E-state index in [1.54, 1.807) is 25.1 Å². The molecule has 0 bridgehead atoms. The van der Waals surface area contributed by atoms with E-state index in [1.807, 2.05) is 13.1 Å². The SMILES string of the molecule is CNC1CCNCC1.C[C@@H](c1ccnc(Cl)c1F)C(C=O)NC1(c2ccc(Cl)cc2NC=O)CCC(C)(C)CC1. The molecule has 220 valence electrons. The molecule has 2 fully saturated rings. The van der Waals surface area contributed by atoms with Gasteiger partial charge in [0.05, 0.1) is 6.04 Å². The second kappa shape index (κ2) is 14.7. The maximum Gasteiger partial charge on any atom is 0.211 e. The highest BCUT2D eigenvalue weighted by molar-refractivity contribution is 6.31. The number of anilines is 1. The average molecular weight is 595 g/mol. The topological polar surface area (TPSA) is 95.2 Å². The largest absolute Gasteiger partial charge is 0.328 e. The first-order valence-electron chi connectivity index (χ1n) is 14.0. The minimum atomic E-state index is -0.691. The molecular formula is C30H42Cl2FN5O2. The average Bonchev–Trinajstić information content (AvgIpc) is 2.95. The summed E-state index contributed by atoms with van der Waals surface area (Å²) in [5.74, 6) is -1.11. The van der Waals surface area contributed by atoms with Gasteiger partial charge in [0.2, 0.25) is 6.41 Å². The van der Waals surface area contributed by atoms with Gasteiger partial charge in [-0.25, -0.2) is 9.37 Å².